The quantitative estimate of drug-likeness (QED) is 0.687. The third-order valence-electron chi connectivity index (χ3n) is 3.45. The number of amides is 1. The molecule has 0 saturated heterocycles. The highest BCUT2D eigenvalue weighted by atomic mass is 16.6. The van der Waals surface area contributed by atoms with E-state index in [2.05, 4.69) is 5.32 Å². The van der Waals surface area contributed by atoms with Crippen molar-refractivity contribution in [3.8, 4) is 0 Å². The van der Waals surface area contributed by atoms with E-state index in [1.54, 1.807) is 0 Å². The fourth-order valence-electron chi connectivity index (χ4n) is 2.33. The molecule has 0 spiro atoms. The molecule has 0 bridgehead atoms. The summed E-state index contributed by atoms with van der Waals surface area (Å²) < 4.78 is 5.23. The number of ether oxygens (including phenoxy) is 1. The highest BCUT2D eigenvalue weighted by molar-refractivity contribution is 5.67. The molecule has 1 unspecified atom stereocenters. The van der Waals surface area contributed by atoms with Crippen LogP contribution >= 0.6 is 0 Å². The molecule has 0 aliphatic heterocycles. The number of aliphatic hydroxyl groups is 2. The van der Waals surface area contributed by atoms with Gasteiger partial charge in [-0.1, -0.05) is 30.3 Å². The van der Waals surface area contributed by atoms with Crippen LogP contribution in [0, 0.1) is 5.92 Å². The molecule has 0 aliphatic rings. The first-order valence-corrected chi connectivity index (χ1v) is 8.11. The minimum absolute atomic E-state index is 0.0502. The number of carbonyl (C=O) groups excluding carboxylic acids is 1. The summed E-state index contributed by atoms with van der Waals surface area (Å²) in [5.74, 6) is -0.128. The van der Waals surface area contributed by atoms with E-state index < -0.39 is 17.8 Å². The third kappa shape index (κ3) is 8.57. The van der Waals surface area contributed by atoms with Crippen molar-refractivity contribution < 1.29 is 19.7 Å². The molecule has 0 saturated carbocycles. The van der Waals surface area contributed by atoms with Crippen LogP contribution in [0.3, 0.4) is 0 Å². The molecule has 0 heterocycles. The minimum Gasteiger partial charge on any atom is -0.444 e. The molecule has 130 valence electrons. The third-order valence-corrected chi connectivity index (χ3v) is 3.45. The molecule has 0 aliphatic carbocycles. The topological polar surface area (TPSA) is 78.8 Å². The van der Waals surface area contributed by atoms with Gasteiger partial charge in [-0.05, 0) is 45.6 Å². The first-order valence-electron chi connectivity index (χ1n) is 8.11. The molecule has 23 heavy (non-hydrogen) atoms. The largest absolute Gasteiger partial charge is 0.444 e. The Hall–Kier alpha value is -1.59. The zero-order valence-corrected chi connectivity index (χ0v) is 14.3. The van der Waals surface area contributed by atoms with Crippen LogP contribution in [-0.2, 0) is 11.2 Å². The maximum Gasteiger partial charge on any atom is 0.407 e. The molecule has 5 nitrogen and oxygen atoms in total. The molecule has 2 atom stereocenters. The van der Waals surface area contributed by atoms with Gasteiger partial charge in [0.2, 0.25) is 0 Å². The Balaban J connectivity index is 2.62. The zero-order valence-electron chi connectivity index (χ0n) is 14.3. The van der Waals surface area contributed by atoms with Crippen molar-refractivity contribution in [3.63, 3.8) is 0 Å². The van der Waals surface area contributed by atoms with Crippen LogP contribution in [0.5, 0.6) is 0 Å². The molecular weight excluding hydrogens is 294 g/mol. The van der Waals surface area contributed by atoms with Crippen LogP contribution in [0.4, 0.5) is 4.79 Å². The number of hydrogen-bond acceptors (Lipinski definition) is 4. The summed E-state index contributed by atoms with van der Waals surface area (Å²) in [6.07, 6.45) is 0.633. The van der Waals surface area contributed by atoms with Gasteiger partial charge in [0.05, 0.1) is 6.10 Å². The standard InChI is InChI=1S/C18H29NO4/c1-18(2,3)23-17(22)19-13-15(16(21)10-7-11-20)12-14-8-5-4-6-9-14/h4-6,8-9,15-16,20-21H,7,10-13H2,1-3H3,(H,19,22)/t15-,16?/m1/s1. The summed E-state index contributed by atoms with van der Waals surface area (Å²) in [5, 5.41) is 22.0. The molecule has 1 aromatic rings. The van der Waals surface area contributed by atoms with Crippen molar-refractivity contribution in [2.24, 2.45) is 5.92 Å². The molecule has 0 radical (unpaired) electrons. The van der Waals surface area contributed by atoms with Crippen molar-refractivity contribution in [2.45, 2.75) is 51.7 Å². The number of rotatable bonds is 8. The second kappa shape index (κ2) is 9.53. The second-order valence-electron chi connectivity index (χ2n) is 6.77. The van der Waals surface area contributed by atoms with Gasteiger partial charge in [-0.25, -0.2) is 4.79 Å². The highest BCUT2D eigenvalue weighted by Gasteiger charge is 2.22. The van der Waals surface area contributed by atoms with Crippen LogP contribution in [0.1, 0.15) is 39.2 Å². The van der Waals surface area contributed by atoms with Crippen LogP contribution < -0.4 is 5.32 Å². The lowest BCUT2D eigenvalue weighted by atomic mass is 9.91. The Morgan fingerprint density at radius 2 is 1.91 bits per heavy atom. The van der Waals surface area contributed by atoms with E-state index in [0.29, 0.717) is 25.8 Å². The molecule has 1 rings (SSSR count). The van der Waals surface area contributed by atoms with E-state index in [4.69, 9.17) is 9.84 Å². The van der Waals surface area contributed by atoms with Gasteiger partial charge in [0.15, 0.2) is 0 Å². The van der Waals surface area contributed by atoms with Gasteiger partial charge in [-0.2, -0.15) is 0 Å². The minimum atomic E-state index is -0.586. The van der Waals surface area contributed by atoms with E-state index in [1.807, 2.05) is 51.1 Å². The highest BCUT2D eigenvalue weighted by Crippen LogP contribution is 2.16. The van der Waals surface area contributed by atoms with Gasteiger partial charge in [-0.3, -0.25) is 0 Å². The number of aliphatic hydroxyl groups excluding tert-OH is 2. The zero-order chi connectivity index (χ0) is 17.3. The number of nitrogens with one attached hydrogen (secondary N) is 1. The monoisotopic (exact) mass is 323 g/mol. The Labute approximate surface area is 138 Å². The summed E-state index contributed by atoms with van der Waals surface area (Å²) in [7, 11) is 0. The fourth-order valence-corrected chi connectivity index (χ4v) is 2.33. The maximum absolute atomic E-state index is 11.8. The van der Waals surface area contributed by atoms with Gasteiger partial charge in [0, 0.05) is 19.1 Å². The molecule has 1 aromatic carbocycles. The first kappa shape index (κ1) is 19.5. The average Bonchev–Trinajstić information content (AvgIpc) is 2.48. The normalized spacial score (nSPS) is 14.1. The Morgan fingerprint density at radius 1 is 1.26 bits per heavy atom. The van der Waals surface area contributed by atoms with Gasteiger partial charge < -0.3 is 20.3 Å². The van der Waals surface area contributed by atoms with Crippen molar-refractivity contribution in [1.82, 2.24) is 5.32 Å². The summed E-state index contributed by atoms with van der Waals surface area (Å²) in [6, 6.07) is 9.85. The Morgan fingerprint density at radius 3 is 2.48 bits per heavy atom. The summed E-state index contributed by atoms with van der Waals surface area (Å²) in [5.41, 5.74) is 0.556. The number of benzene rings is 1. The van der Waals surface area contributed by atoms with Gasteiger partial charge in [-0.15, -0.1) is 0 Å². The van der Waals surface area contributed by atoms with Crippen molar-refractivity contribution in [2.75, 3.05) is 13.2 Å². The van der Waals surface area contributed by atoms with Crippen LogP contribution in [0.25, 0.3) is 0 Å². The molecule has 0 aromatic heterocycles. The SMILES string of the molecule is CC(C)(C)OC(=O)NC[C@@H](Cc1ccccc1)C(O)CCCO. The van der Waals surface area contributed by atoms with Crippen LogP contribution in [0.2, 0.25) is 0 Å². The van der Waals surface area contributed by atoms with Gasteiger partial charge in [0.1, 0.15) is 5.60 Å². The molecule has 0 fully saturated rings. The van der Waals surface area contributed by atoms with Crippen LogP contribution in [0.15, 0.2) is 30.3 Å². The van der Waals surface area contributed by atoms with E-state index in [9.17, 15) is 9.90 Å². The van der Waals surface area contributed by atoms with E-state index in [0.717, 1.165) is 5.56 Å². The van der Waals surface area contributed by atoms with Gasteiger partial charge >= 0.3 is 6.09 Å². The number of carbonyl (C=O) groups is 1. The number of hydrogen-bond donors (Lipinski definition) is 3. The Kier molecular flexibility index (Phi) is 8.06. The van der Waals surface area contributed by atoms with Crippen LogP contribution in [-0.4, -0.2) is 41.2 Å². The van der Waals surface area contributed by atoms with Crippen molar-refractivity contribution in [3.05, 3.63) is 35.9 Å². The van der Waals surface area contributed by atoms with E-state index >= 15 is 0 Å². The maximum atomic E-state index is 11.8. The van der Waals surface area contributed by atoms with Gasteiger partial charge in [0.25, 0.3) is 0 Å². The average molecular weight is 323 g/mol. The first-order chi connectivity index (χ1) is 10.8. The van der Waals surface area contributed by atoms with Crippen molar-refractivity contribution in [1.29, 1.82) is 0 Å². The lowest BCUT2D eigenvalue weighted by molar-refractivity contribution is 0.0472. The molecule has 5 heteroatoms. The smallest absolute Gasteiger partial charge is 0.407 e. The van der Waals surface area contributed by atoms with E-state index in [-0.39, 0.29) is 12.5 Å². The van der Waals surface area contributed by atoms with Crippen molar-refractivity contribution >= 4 is 6.09 Å². The lowest BCUT2D eigenvalue weighted by Crippen LogP contribution is -2.39. The second-order valence-corrected chi connectivity index (χ2v) is 6.77. The predicted octanol–water partition coefficient (Wildman–Crippen LogP) is 2.50. The predicted molar refractivity (Wildman–Crippen MR) is 90.2 cm³/mol. The fraction of sp³-hybridized carbons (Fsp3) is 0.611. The molecule has 3 N–H and O–H groups in total. The Bertz CT molecular complexity index is 456. The molecule has 1 amide bonds. The summed E-state index contributed by atoms with van der Waals surface area (Å²) in [4.78, 5) is 11.8. The summed E-state index contributed by atoms with van der Waals surface area (Å²) in [6.45, 7) is 5.81. The van der Waals surface area contributed by atoms with E-state index in [1.165, 1.54) is 0 Å². The number of alkyl carbamates (subject to hydrolysis) is 1. The lowest BCUT2D eigenvalue weighted by Gasteiger charge is -2.25. The molecular formula is C18H29NO4. The summed E-state index contributed by atoms with van der Waals surface area (Å²) >= 11 is 0.